The first kappa shape index (κ1) is 31.5. The van der Waals surface area contributed by atoms with Crippen LogP contribution in [0, 0.1) is 0 Å². The SMILES string of the molecule is O=C(CO)NCCCC(O)(P(=O)(O)O)P(=O)(O)O.[Na].[Na].[Na]. The number of amides is 1. The fraction of sp³-hybridized carbons (Fsp3) is 0.833. The van der Waals surface area contributed by atoms with E-state index in [1.807, 2.05) is 0 Å². The molecule has 7 N–H and O–H groups in total. The van der Waals surface area contributed by atoms with Crippen LogP contribution in [0.2, 0.25) is 0 Å². The fourth-order valence-electron chi connectivity index (χ4n) is 1.07. The molecule has 0 aromatic heterocycles. The summed E-state index contributed by atoms with van der Waals surface area (Å²) in [6, 6.07) is 0. The summed E-state index contributed by atoms with van der Waals surface area (Å²) in [5, 5.41) is 16.4. The van der Waals surface area contributed by atoms with Gasteiger partial charge in [-0.1, -0.05) is 0 Å². The average molecular weight is 376 g/mol. The average Bonchev–Trinajstić information content (AvgIpc) is 2.20. The molecule has 15 heteroatoms. The minimum absolute atomic E-state index is 0. The van der Waals surface area contributed by atoms with Crippen molar-refractivity contribution in [2.45, 2.75) is 17.9 Å². The first-order chi connectivity index (χ1) is 7.95. The maximum Gasteiger partial charge on any atom is 0.369 e. The van der Waals surface area contributed by atoms with Crippen molar-refractivity contribution in [3.63, 3.8) is 0 Å². The van der Waals surface area contributed by atoms with Gasteiger partial charge in [-0.15, -0.1) is 0 Å². The standard InChI is InChI=1S/C6H15NO9P2.3Na/c8-4-5(9)7-3-1-2-6(10,17(11,12)13)18(14,15)16;;;/h8,10H,1-4H2,(H,7,9)(H2,11,12,13)(H2,14,15,16);;;. The van der Waals surface area contributed by atoms with E-state index in [0.29, 0.717) is 0 Å². The molecule has 21 heavy (non-hydrogen) atoms. The molecule has 3 radical (unpaired) electrons. The number of rotatable bonds is 7. The van der Waals surface area contributed by atoms with Gasteiger partial charge >= 0.3 is 15.2 Å². The summed E-state index contributed by atoms with van der Waals surface area (Å²) in [6.07, 6.45) is -1.20. The number of hydrogen-bond acceptors (Lipinski definition) is 5. The van der Waals surface area contributed by atoms with Gasteiger partial charge in [0.15, 0.2) is 0 Å². The molecule has 0 aliphatic rings. The Bertz CT molecular complexity index is 375. The molecular formula is C6H15NNa3O9P2. The summed E-state index contributed by atoms with van der Waals surface area (Å²) in [6.45, 7) is -0.997. The first-order valence-corrected chi connectivity index (χ1v) is 7.89. The van der Waals surface area contributed by atoms with Crippen LogP contribution < -0.4 is 5.32 Å². The number of hydrogen-bond donors (Lipinski definition) is 7. The van der Waals surface area contributed by atoms with E-state index in [2.05, 4.69) is 5.32 Å². The third-order valence-corrected chi connectivity index (χ3v) is 5.96. The second kappa shape index (κ2) is 13.0. The number of carbonyl (C=O) groups is 1. The smallest absolute Gasteiger partial charge is 0.369 e. The first-order valence-electron chi connectivity index (χ1n) is 4.67. The molecule has 0 aromatic rings. The molecule has 0 fully saturated rings. The summed E-state index contributed by atoms with van der Waals surface area (Å²) in [5.74, 6) is -0.758. The van der Waals surface area contributed by atoms with Gasteiger partial charge < -0.3 is 35.1 Å². The molecule has 0 aromatic carbocycles. The zero-order valence-corrected chi connectivity index (χ0v) is 19.9. The van der Waals surface area contributed by atoms with E-state index in [1.54, 1.807) is 0 Å². The van der Waals surface area contributed by atoms with Crippen molar-refractivity contribution in [3.05, 3.63) is 0 Å². The Morgan fingerprint density at radius 2 is 1.38 bits per heavy atom. The van der Waals surface area contributed by atoms with Crippen LogP contribution >= 0.6 is 15.2 Å². The van der Waals surface area contributed by atoms with E-state index in [4.69, 9.17) is 24.7 Å². The van der Waals surface area contributed by atoms with Gasteiger partial charge in [0.25, 0.3) is 5.08 Å². The van der Waals surface area contributed by atoms with Crippen molar-refractivity contribution in [1.82, 2.24) is 5.32 Å². The second-order valence-corrected chi connectivity index (χ2v) is 7.48. The molecule has 0 rings (SSSR count). The van der Waals surface area contributed by atoms with E-state index in [-0.39, 0.29) is 102 Å². The largest absolute Gasteiger partial charge is 0.387 e. The van der Waals surface area contributed by atoms with Gasteiger partial charge in [0.2, 0.25) is 5.91 Å². The predicted octanol–water partition coefficient (Wildman–Crippen LogP) is -3.27. The Morgan fingerprint density at radius 1 is 1.00 bits per heavy atom. The van der Waals surface area contributed by atoms with Gasteiger partial charge in [-0.25, -0.2) is 0 Å². The van der Waals surface area contributed by atoms with Crippen LogP contribution in [0.15, 0.2) is 0 Å². The fourth-order valence-corrected chi connectivity index (χ4v) is 3.33. The number of aliphatic hydroxyl groups excluding tert-OH is 1. The summed E-state index contributed by atoms with van der Waals surface area (Å²) in [7, 11) is -10.9. The van der Waals surface area contributed by atoms with Crippen molar-refractivity contribution in [1.29, 1.82) is 0 Å². The van der Waals surface area contributed by atoms with Gasteiger partial charge in [-0.2, -0.15) is 0 Å². The summed E-state index contributed by atoms with van der Waals surface area (Å²) in [5.41, 5.74) is 0. The van der Waals surface area contributed by atoms with E-state index in [1.165, 1.54) is 0 Å². The summed E-state index contributed by atoms with van der Waals surface area (Å²) >= 11 is 0. The van der Waals surface area contributed by atoms with Gasteiger partial charge in [0, 0.05) is 102 Å². The molecule has 0 aliphatic carbocycles. The molecule has 0 saturated heterocycles. The topological polar surface area (TPSA) is 185 Å². The third kappa shape index (κ3) is 10.3. The Morgan fingerprint density at radius 3 is 1.67 bits per heavy atom. The Balaban J connectivity index is -0.000000482. The number of aliphatic hydroxyl groups is 2. The van der Waals surface area contributed by atoms with Crippen molar-refractivity contribution < 1.29 is 43.7 Å². The van der Waals surface area contributed by atoms with Gasteiger partial charge in [0.05, 0.1) is 0 Å². The third-order valence-electron chi connectivity index (χ3n) is 2.09. The maximum absolute atomic E-state index is 10.9. The van der Waals surface area contributed by atoms with E-state index in [0.717, 1.165) is 0 Å². The second-order valence-electron chi connectivity index (χ2n) is 3.47. The molecule has 111 valence electrons. The van der Waals surface area contributed by atoms with Crippen LogP contribution in [0.1, 0.15) is 12.8 Å². The van der Waals surface area contributed by atoms with Gasteiger partial charge in [-0.05, 0) is 6.42 Å². The summed E-state index contributed by atoms with van der Waals surface area (Å²) in [4.78, 5) is 45.7. The van der Waals surface area contributed by atoms with E-state index < -0.39 is 39.2 Å². The Kier molecular flexibility index (Phi) is 19.4. The molecule has 0 bridgehead atoms. The molecule has 0 atom stereocenters. The van der Waals surface area contributed by atoms with Gasteiger partial charge in [-0.3, -0.25) is 13.9 Å². The molecule has 0 heterocycles. The van der Waals surface area contributed by atoms with Crippen molar-refractivity contribution >= 4 is 110 Å². The van der Waals surface area contributed by atoms with Crippen molar-refractivity contribution in [2.75, 3.05) is 13.2 Å². The Labute approximate surface area is 187 Å². The molecule has 1 amide bonds. The number of carbonyl (C=O) groups excluding carboxylic acids is 1. The minimum atomic E-state index is -5.45. The Hall–Kier alpha value is 2.69. The zero-order chi connectivity index (χ0) is 14.6. The van der Waals surface area contributed by atoms with Gasteiger partial charge in [0.1, 0.15) is 6.61 Å². The van der Waals surface area contributed by atoms with Crippen molar-refractivity contribution in [3.8, 4) is 0 Å². The van der Waals surface area contributed by atoms with E-state index >= 15 is 0 Å². The summed E-state index contributed by atoms with van der Waals surface area (Å²) < 4.78 is 21.8. The normalized spacial score (nSPS) is 11.5. The van der Waals surface area contributed by atoms with Crippen LogP contribution in [-0.2, 0) is 13.9 Å². The molecule has 0 aliphatic heterocycles. The molecule has 0 saturated carbocycles. The van der Waals surface area contributed by atoms with Crippen molar-refractivity contribution in [2.24, 2.45) is 0 Å². The molecule has 10 nitrogen and oxygen atoms in total. The quantitative estimate of drug-likeness (QED) is 0.136. The van der Waals surface area contributed by atoms with Crippen LogP contribution in [0.5, 0.6) is 0 Å². The molecule has 0 unspecified atom stereocenters. The minimum Gasteiger partial charge on any atom is -0.387 e. The molecule has 0 spiro atoms. The predicted molar refractivity (Wildman–Crippen MR) is 75.6 cm³/mol. The van der Waals surface area contributed by atoms with Crippen LogP contribution in [-0.4, -0.2) is 143 Å². The van der Waals surface area contributed by atoms with Crippen LogP contribution in [0.4, 0.5) is 0 Å². The van der Waals surface area contributed by atoms with Crippen LogP contribution in [0.3, 0.4) is 0 Å². The van der Waals surface area contributed by atoms with Crippen LogP contribution in [0.25, 0.3) is 0 Å². The zero-order valence-electron chi connectivity index (χ0n) is 12.1. The molecular weight excluding hydrogens is 361 g/mol. The van der Waals surface area contributed by atoms with E-state index in [9.17, 15) is 19.0 Å². The number of nitrogens with one attached hydrogen (secondary N) is 1. The maximum atomic E-state index is 10.9. The monoisotopic (exact) mass is 376 g/mol.